The van der Waals surface area contributed by atoms with Crippen LogP contribution in [0.3, 0.4) is 0 Å². The second-order valence-electron chi connectivity index (χ2n) is 4.27. The molecule has 1 heterocycles. The molecule has 0 unspecified atom stereocenters. The van der Waals surface area contributed by atoms with Crippen molar-refractivity contribution in [2.45, 2.75) is 18.3 Å². The van der Waals surface area contributed by atoms with E-state index >= 15 is 0 Å². The van der Waals surface area contributed by atoms with Gasteiger partial charge >= 0.3 is 0 Å². The standard InChI is InChI=1S/C12H13N3/c13-8-12(5-6-12)11-7-9-3-1-2-4-10(9)14-15-11/h1-4,7H,5-6,8,13H2. The van der Waals surface area contributed by atoms with Crippen molar-refractivity contribution in [2.24, 2.45) is 5.73 Å². The molecule has 15 heavy (non-hydrogen) atoms. The summed E-state index contributed by atoms with van der Waals surface area (Å²) in [6.07, 6.45) is 2.30. The fourth-order valence-corrected chi connectivity index (χ4v) is 1.96. The molecule has 1 aromatic carbocycles. The van der Waals surface area contributed by atoms with E-state index in [2.05, 4.69) is 22.3 Å². The lowest BCUT2D eigenvalue weighted by atomic mass is 10.0. The molecule has 1 fully saturated rings. The van der Waals surface area contributed by atoms with E-state index in [0.717, 1.165) is 29.4 Å². The fraction of sp³-hybridized carbons (Fsp3) is 0.333. The van der Waals surface area contributed by atoms with E-state index in [1.54, 1.807) is 0 Å². The summed E-state index contributed by atoms with van der Waals surface area (Å²) < 4.78 is 0. The van der Waals surface area contributed by atoms with Gasteiger partial charge in [-0.05, 0) is 25.0 Å². The van der Waals surface area contributed by atoms with E-state index in [4.69, 9.17) is 5.73 Å². The van der Waals surface area contributed by atoms with Gasteiger partial charge in [-0.15, -0.1) is 0 Å². The van der Waals surface area contributed by atoms with E-state index in [1.165, 1.54) is 0 Å². The van der Waals surface area contributed by atoms with Crippen LogP contribution in [0.1, 0.15) is 18.5 Å². The molecule has 3 heteroatoms. The van der Waals surface area contributed by atoms with Gasteiger partial charge in [-0.1, -0.05) is 18.2 Å². The fourth-order valence-electron chi connectivity index (χ4n) is 1.96. The monoisotopic (exact) mass is 199 g/mol. The molecule has 1 saturated carbocycles. The topological polar surface area (TPSA) is 51.8 Å². The van der Waals surface area contributed by atoms with Crippen LogP contribution in [0.2, 0.25) is 0 Å². The van der Waals surface area contributed by atoms with Gasteiger partial charge in [0.1, 0.15) is 0 Å². The Kier molecular flexibility index (Phi) is 1.76. The van der Waals surface area contributed by atoms with Crippen LogP contribution >= 0.6 is 0 Å². The summed E-state index contributed by atoms with van der Waals surface area (Å²) in [4.78, 5) is 0. The Hall–Kier alpha value is -1.48. The summed E-state index contributed by atoms with van der Waals surface area (Å²) in [5.74, 6) is 0. The van der Waals surface area contributed by atoms with Crippen molar-refractivity contribution in [3.05, 3.63) is 36.0 Å². The van der Waals surface area contributed by atoms with Gasteiger partial charge in [-0.25, -0.2) is 0 Å². The van der Waals surface area contributed by atoms with Gasteiger partial charge < -0.3 is 5.73 Å². The Morgan fingerprint density at radius 1 is 1.20 bits per heavy atom. The molecule has 1 aromatic heterocycles. The highest BCUT2D eigenvalue weighted by Crippen LogP contribution is 2.46. The van der Waals surface area contributed by atoms with E-state index in [1.807, 2.05) is 18.2 Å². The molecule has 0 spiro atoms. The van der Waals surface area contributed by atoms with E-state index in [0.29, 0.717) is 6.54 Å². The van der Waals surface area contributed by atoms with Crippen molar-refractivity contribution in [1.82, 2.24) is 10.2 Å². The minimum Gasteiger partial charge on any atom is -0.330 e. The smallest absolute Gasteiger partial charge is 0.0929 e. The normalized spacial score (nSPS) is 17.9. The quantitative estimate of drug-likeness (QED) is 0.799. The summed E-state index contributed by atoms with van der Waals surface area (Å²) in [6, 6.07) is 10.2. The first kappa shape index (κ1) is 8.80. The number of nitrogens with zero attached hydrogens (tertiary/aromatic N) is 2. The molecule has 1 aliphatic carbocycles. The van der Waals surface area contributed by atoms with Crippen molar-refractivity contribution in [3.8, 4) is 0 Å². The van der Waals surface area contributed by atoms with E-state index < -0.39 is 0 Å². The maximum Gasteiger partial charge on any atom is 0.0929 e. The molecule has 0 radical (unpaired) electrons. The largest absolute Gasteiger partial charge is 0.330 e. The van der Waals surface area contributed by atoms with Gasteiger partial charge in [0.05, 0.1) is 11.2 Å². The molecule has 2 N–H and O–H groups in total. The molecule has 3 rings (SSSR count). The zero-order valence-corrected chi connectivity index (χ0v) is 8.48. The van der Waals surface area contributed by atoms with Crippen LogP contribution in [-0.4, -0.2) is 16.7 Å². The van der Waals surface area contributed by atoms with Crippen LogP contribution < -0.4 is 5.73 Å². The predicted octanol–water partition coefficient (Wildman–Crippen LogP) is 1.62. The lowest BCUT2D eigenvalue weighted by Gasteiger charge is -2.10. The molecule has 0 aliphatic heterocycles. The van der Waals surface area contributed by atoms with Crippen LogP contribution in [0.5, 0.6) is 0 Å². The van der Waals surface area contributed by atoms with Crippen LogP contribution in [0.25, 0.3) is 10.9 Å². The molecule has 1 aliphatic rings. The highest BCUT2D eigenvalue weighted by Gasteiger charge is 2.44. The van der Waals surface area contributed by atoms with Crippen molar-refractivity contribution in [2.75, 3.05) is 6.54 Å². The molecule has 2 aromatic rings. The third-order valence-electron chi connectivity index (χ3n) is 3.28. The van der Waals surface area contributed by atoms with Gasteiger partial charge in [0.25, 0.3) is 0 Å². The lowest BCUT2D eigenvalue weighted by molar-refractivity contribution is 0.666. The molecule has 0 bridgehead atoms. The highest BCUT2D eigenvalue weighted by molar-refractivity contribution is 5.78. The Balaban J connectivity index is 2.14. The number of fused-ring (bicyclic) bond motifs is 1. The van der Waals surface area contributed by atoms with Gasteiger partial charge in [0.15, 0.2) is 0 Å². The second kappa shape index (κ2) is 3.00. The molecule has 76 valence electrons. The summed E-state index contributed by atoms with van der Waals surface area (Å²) in [6.45, 7) is 0.681. The molecule has 0 saturated heterocycles. The molecule has 3 nitrogen and oxygen atoms in total. The third kappa shape index (κ3) is 1.31. The minimum absolute atomic E-state index is 0.136. The average Bonchev–Trinajstić information content (AvgIpc) is 3.09. The van der Waals surface area contributed by atoms with Crippen LogP contribution in [0.15, 0.2) is 30.3 Å². The number of hydrogen-bond donors (Lipinski definition) is 1. The Labute approximate surface area is 88.3 Å². The molecular formula is C12H13N3. The van der Waals surface area contributed by atoms with Crippen molar-refractivity contribution >= 4 is 10.9 Å². The Morgan fingerprint density at radius 2 is 2.00 bits per heavy atom. The number of hydrogen-bond acceptors (Lipinski definition) is 3. The second-order valence-corrected chi connectivity index (χ2v) is 4.27. The third-order valence-corrected chi connectivity index (χ3v) is 3.28. The van der Waals surface area contributed by atoms with E-state index in [-0.39, 0.29) is 5.41 Å². The number of aromatic nitrogens is 2. The van der Waals surface area contributed by atoms with Crippen LogP contribution in [0.4, 0.5) is 0 Å². The SMILES string of the molecule is NCC1(c2cc3ccccc3nn2)CC1. The first-order valence-electron chi connectivity index (χ1n) is 5.27. The van der Waals surface area contributed by atoms with E-state index in [9.17, 15) is 0 Å². The molecular weight excluding hydrogens is 186 g/mol. The summed E-state index contributed by atoms with van der Waals surface area (Å²) >= 11 is 0. The Bertz CT molecular complexity index is 503. The maximum absolute atomic E-state index is 5.78. The molecule has 0 amide bonds. The average molecular weight is 199 g/mol. The Morgan fingerprint density at radius 3 is 2.73 bits per heavy atom. The minimum atomic E-state index is 0.136. The lowest BCUT2D eigenvalue weighted by Crippen LogP contribution is -2.21. The first-order chi connectivity index (χ1) is 7.34. The van der Waals surface area contributed by atoms with Gasteiger partial charge in [0, 0.05) is 17.3 Å². The van der Waals surface area contributed by atoms with Crippen molar-refractivity contribution in [1.29, 1.82) is 0 Å². The number of rotatable bonds is 2. The first-order valence-corrected chi connectivity index (χ1v) is 5.27. The van der Waals surface area contributed by atoms with Gasteiger partial charge in [0.2, 0.25) is 0 Å². The maximum atomic E-state index is 5.78. The van der Waals surface area contributed by atoms with Gasteiger partial charge in [-0.3, -0.25) is 0 Å². The van der Waals surface area contributed by atoms with Crippen LogP contribution in [0, 0.1) is 0 Å². The highest BCUT2D eigenvalue weighted by atomic mass is 15.1. The number of benzene rings is 1. The predicted molar refractivity (Wildman–Crippen MR) is 59.5 cm³/mol. The van der Waals surface area contributed by atoms with Crippen molar-refractivity contribution in [3.63, 3.8) is 0 Å². The van der Waals surface area contributed by atoms with Crippen molar-refractivity contribution < 1.29 is 0 Å². The summed E-state index contributed by atoms with van der Waals surface area (Å²) in [5.41, 5.74) is 7.92. The number of nitrogens with two attached hydrogens (primary N) is 1. The van der Waals surface area contributed by atoms with Crippen LogP contribution in [-0.2, 0) is 5.41 Å². The summed E-state index contributed by atoms with van der Waals surface area (Å²) in [7, 11) is 0. The zero-order valence-electron chi connectivity index (χ0n) is 8.48. The molecule has 0 atom stereocenters. The zero-order chi connectivity index (χ0) is 10.3. The summed E-state index contributed by atoms with van der Waals surface area (Å²) in [5, 5.41) is 9.67. The van der Waals surface area contributed by atoms with Gasteiger partial charge in [-0.2, -0.15) is 10.2 Å².